The van der Waals surface area contributed by atoms with E-state index in [-0.39, 0.29) is 5.82 Å². The van der Waals surface area contributed by atoms with E-state index in [0.717, 1.165) is 17.4 Å². The molecule has 1 aromatic carbocycles. The van der Waals surface area contributed by atoms with Gasteiger partial charge in [0.05, 0.1) is 5.69 Å². The van der Waals surface area contributed by atoms with Gasteiger partial charge in [-0.2, -0.15) is 0 Å². The molecular weight excluding hydrogens is 265 g/mol. The van der Waals surface area contributed by atoms with Crippen molar-refractivity contribution in [1.82, 2.24) is 4.98 Å². The third-order valence-electron chi connectivity index (χ3n) is 2.97. The number of carbonyl (C=O) groups excluding carboxylic acids is 1. The van der Waals surface area contributed by atoms with Gasteiger partial charge in [-0.25, -0.2) is 9.37 Å². The summed E-state index contributed by atoms with van der Waals surface area (Å²) < 4.78 is 12.9. The van der Waals surface area contributed by atoms with E-state index in [2.05, 4.69) is 4.98 Å². The summed E-state index contributed by atoms with van der Waals surface area (Å²) in [5.74, 6) is -0.306. The van der Waals surface area contributed by atoms with Crippen LogP contribution in [0.4, 0.5) is 4.39 Å². The van der Waals surface area contributed by atoms with Crippen LogP contribution >= 0.6 is 11.6 Å². The Morgan fingerprint density at radius 1 is 1.21 bits per heavy atom. The van der Waals surface area contributed by atoms with E-state index >= 15 is 0 Å². The van der Waals surface area contributed by atoms with Crippen LogP contribution in [0.3, 0.4) is 0 Å². The number of pyridine rings is 1. The van der Waals surface area contributed by atoms with Gasteiger partial charge in [0.15, 0.2) is 0 Å². The lowest BCUT2D eigenvalue weighted by molar-refractivity contribution is -0.111. The number of carbonyl (C=O) groups is 1. The maximum absolute atomic E-state index is 12.9. The van der Waals surface area contributed by atoms with Crippen molar-refractivity contribution in [2.45, 2.75) is 19.3 Å². The van der Waals surface area contributed by atoms with Crippen LogP contribution in [0.25, 0.3) is 11.3 Å². The van der Waals surface area contributed by atoms with E-state index in [1.54, 1.807) is 38.1 Å². The molecule has 1 heterocycles. The lowest BCUT2D eigenvalue weighted by Gasteiger charge is -2.18. The van der Waals surface area contributed by atoms with Crippen molar-refractivity contribution in [2.24, 2.45) is 0 Å². The van der Waals surface area contributed by atoms with E-state index in [0.29, 0.717) is 10.8 Å². The van der Waals surface area contributed by atoms with Crippen LogP contribution in [0.1, 0.15) is 19.4 Å². The molecule has 0 aliphatic heterocycles. The first-order valence-electron chi connectivity index (χ1n) is 5.83. The van der Waals surface area contributed by atoms with Crippen molar-refractivity contribution in [3.05, 3.63) is 52.9 Å². The number of hydrogen-bond donors (Lipinski definition) is 0. The van der Waals surface area contributed by atoms with Crippen LogP contribution in [-0.2, 0) is 10.2 Å². The number of halogens is 2. The van der Waals surface area contributed by atoms with Gasteiger partial charge in [-0.15, -0.1) is 0 Å². The fourth-order valence-corrected chi connectivity index (χ4v) is 1.91. The summed E-state index contributed by atoms with van der Waals surface area (Å²) in [5, 5.41) is 0.312. The van der Waals surface area contributed by atoms with E-state index in [9.17, 15) is 9.18 Å². The number of benzene rings is 1. The highest BCUT2D eigenvalue weighted by Gasteiger charge is 2.21. The predicted octanol–water partition coefficient (Wildman–Crippen LogP) is 4.02. The standard InChI is InChI=1S/C15H13ClFNO/c1-15(2,9-19)11-7-13(18-14(16)8-11)10-3-5-12(17)6-4-10/h3-9H,1-2H3. The molecule has 0 saturated heterocycles. The Balaban J connectivity index is 2.53. The first kappa shape index (κ1) is 13.7. The maximum atomic E-state index is 12.9. The summed E-state index contributed by atoms with van der Waals surface area (Å²) in [6, 6.07) is 9.46. The third-order valence-corrected chi connectivity index (χ3v) is 3.17. The highest BCUT2D eigenvalue weighted by molar-refractivity contribution is 6.29. The zero-order valence-corrected chi connectivity index (χ0v) is 11.4. The second-order valence-electron chi connectivity index (χ2n) is 4.91. The SMILES string of the molecule is CC(C)(C=O)c1cc(Cl)nc(-c2ccc(F)cc2)c1. The Kier molecular flexibility index (Phi) is 3.67. The molecule has 0 unspecified atom stereocenters. The summed E-state index contributed by atoms with van der Waals surface area (Å²) >= 11 is 5.99. The van der Waals surface area contributed by atoms with Crippen molar-refractivity contribution in [2.75, 3.05) is 0 Å². The van der Waals surface area contributed by atoms with Gasteiger partial charge >= 0.3 is 0 Å². The summed E-state index contributed by atoms with van der Waals surface area (Å²) in [6.45, 7) is 3.61. The highest BCUT2D eigenvalue weighted by Crippen LogP contribution is 2.28. The summed E-state index contributed by atoms with van der Waals surface area (Å²) in [4.78, 5) is 15.3. The minimum absolute atomic E-state index is 0.306. The topological polar surface area (TPSA) is 30.0 Å². The van der Waals surface area contributed by atoms with Crippen LogP contribution in [0.2, 0.25) is 5.15 Å². The zero-order valence-electron chi connectivity index (χ0n) is 10.7. The van der Waals surface area contributed by atoms with Gasteiger partial charge in [0, 0.05) is 11.0 Å². The first-order valence-corrected chi connectivity index (χ1v) is 6.20. The van der Waals surface area contributed by atoms with Crippen LogP contribution in [0.15, 0.2) is 36.4 Å². The Labute approximate surface area is 116 Å². The first-order chi connectivity index (χ1) is 8.92. The van der Waals surface area contributed by atoms with Crippen LogP contribution in [0.5, 0.6) is 0 Å². The van der Waals surface area contributed by atoms with Crippen molar-refractivity contribution in [1.29, 1.82) is 0 Å². The number of nitrogens with zero attached hydrogens (tertiary/aromatic N) is 1. The molecule has 19 heavy (non-hydrogen) atoms. The van der Waals surface area contributed by atoms with Crippen molar-refractivity contribution in [3.63, 3.8) is 0 Å². The molecule has 2 aromatic rings. The molecular formula is C15H13ClFNO. The molecule has 0 aliphatic carbocycles. The minimum atomic E-state index is -0.638. The highest BCUT2D eigenvalue weighted by atomic mass is 35.5. The fourth-order valence-electron chi connectivity index (χ4n) is 1.71. The van der Waals surface area contributed by atoms with Crippen LogP contribution in [0, 0.1) is 5.82 Å². The Bertz CT molecular complexity index is 608. The fraction of sp³-hybridized carbons (Fsp3) is 0.200. The molecule has 0 aliphatic rings. The molecule has 4 heteroatoms. The molecule has 0 atom stereocenters. The molecule has 0 spiro atoms. The lowest BCUT2D eigenvalue weighted by Crippen LogP contribution is -2.18. The van der Waals surface area contributed by atoms with Gasteiger partial charge in [-0.3, -0.25) is 0 Å². The second-order valence-corrected chi connectivity index (χ2v) is 5.30. The number of aldehydes is 1. The monoisotopic (exact) mass is 277 g/mol. The molecule has 0 amide bonds. The van der Waals surface area contributed by atoms with Gasteiger partial charge < -0.3 is 4.79 Å². The molecule has 0 N–H and O–H groups in total. The number of rotatable bonds is 3. The van der Waals surface area contributed by atoms with Gasteiger partial charge in [0.2, 0.25) is 0 Å². The lowest BCUT2D eigenvalue weighted by atomic mass is 9.86. The molecule has 0 fully saturated rings. The van der Waals surface area contributed by atoms with Gasteiger partial charge in [-0.1, -0.05) is 11.6 Å². The average molecular weight is 278 g/mol. The second kappa shape index (κ2) is 5.10. The predicted molar refractivity (Wildman–Crippen MR) is 73.7 cm³/mol. The molecule has 2 nitrogen and oxygen atoms in total. The van der Waals surface area contributed by atoms with E-state index in [4.69, 9.17) is 11.6 Å². The summed E-state index contributed by atoms with van der Waals surface area (Å²) in [7, 11) is 0. The molecule has 2 rings (SSSR count). The normalized spacial score (nSPS) is 11.4. The van der Waals surface area contributed by atoms with Gasteiger partial charge in [0.1, 0.15) is 17.3 Å². The zero-order chi connectivity index (χ0) is 14.0. The Morgan fingerprint density at radius 2 is 1.84 bits per heavy atom. The number of hydrogen-bond acceptors (Lipinski definition) is 2. The molecule has 0 saturated carbocycles. The van der Waals surface area contributed by atoms with E-state index in [1.165, 1.54) is 12.1 Å². The minimum Gasteiger partial charge on any atom is -0.302 e. The molecule has 98 valence electrons. The maximum Gasteiger partial charge on any atom is 0.130 e. The van der Waals surface area contributed by atoms with Crippen LogP contribution in [-0.4, -0.2) is 11.3 Å². The largest absolute Gasteiger partial charge is 0.302 e. The van der Waals surface area contributed by atoms with Crippen LogP contribution < -0.4 is 0 Å². The summed E-state index contributed by atoms with van der Waals surface area (Å²) in [6.07, 6.45) is 0.868. The smallest absolute Gasteiger partial charge is 0.130 e. The van der Waals surface area contributed by atoms with Gasteiger partial charge in [0.25, 0.3) is 0 Å². The van der Waals surface area contributed by atoms with Crippen molar-refractivity contribution in [3.8, 4) is 11.3 Å². The molecule has 0 bridgehead atoms. The number of aromatic nitrogens is 1. The quantitative estimate of drug-likeness (QED) is 0.626. The van der Waals surface area contributed by atoms with Gasteiger partial charge in [-0.05, 0) is 55.8 Å². The van der Waals surface area contributed by atoms with Crippen molar-refractivity contribution >= 4 is 17.9 Å². The van der Waals surface area contributed by atoms with Crippen molar-refractivity contribution < 1.29 is 9.18 Å². The van der Waals surface area contributed by atoms with E-state index in [1.807, 2.05) is 0 Å². The Morgan fingerprint density at radius 3 is 2.42 bits per heavy atom. The summed E-state index contributed by atoms with van der Waals surface area (Å²) in [5.41, 5.74) is 1.52. The average Bonchev–Trinajstić information content (AvgIpc) is 2.39. The Hall–Kier alpha value is -1.74. The third kappa shape index (κ3) is 2.99. The van der Waals surface area contributed by atoms with E-state index < -0.39 is 5.41 Å². The molecule has 1 aromatic heterocycles. The molecule has 0 radical (unpaired) electrons.